The van der Waals surface area contributed by atoms with Crippen LogP contribution >= 0.6 is 0 Å². The van der Waals surface area contributed by atoms with Crippen LogP contribution in [0.15, 0.2) is 23.0 Å². The first-order valence-electron chi connectivity index (χ1n) is 9.18. The second-order valence-corrected chi connectivity index (χ2v) is 7.28. The molecule has 1 amide bonds. The van der Waals surface area contributed by atoms with Crippen molar-refractivity contribution in [1.82, 2.24) is 15.3 Å². The summed E-state index contributed by atoms with van der Waals surface area (Å²) in [6, 6.07) is 0. The molecule has 2 aromatic rings. The molecule has 1 saturated heterocycles. The fourth-order valence-electron chi connectivity index (χ4n) is 3.98. The number of amides is 1. The van der Waals surface area contributed by atoms with Crippen LogP contribution in [-0.4, -0.2) is 46.2 Å². The first kappa shape index (κ1) is 17.0. The second kappa shape index (κ2) is 6.72. The van der Waals surface area contributed by atoms with Crippen molar-refractivity contribution in [2.75, 3.05) is 24.5 Å². The molecule has 4 rings (SSSR count). The van der Waals surface area contributed by atoms with Crippen LogP contribution in [0.1, 0.15) is 46.7 Å². The monoisotopic (exact) mass is 356 g/mol. The fourth-order valence-corrected chi connectivity index (χ4v) is 3.98. The molecular formula is C19H24N4O3. The lowest BCUT2D eigenvalue weighted by atomic mass is 9.94. The minimum atomic E-state index is -0.967. The number of fused-ring (bicyclic) bond motifs is 1. The number of rotatable bonds is 4. The Morgan fingerprint density at radius 1 is 1.38 bits per heavy atom. The minimum absolute atomic E-state index is 0.152. The quantitative estimate of drug-likeness (QED) is 0.865. The van der Waals surface area contributed by atoms with E-state index in [1.165, 1.54) is 0 Å². The number of hydrogen-bond acceptors (Lipinski definition) is 6. The van der Waals surface area contributed by atoms with Gasteiger partial charge in [0.05, 0.1) is 11.8 Å². The molecule has 2 N–H and O–H groups in total. The summed E-state index contributed by atoms with van der Waals surface area (Å²) in [5.74, 6) is 2.22. The zero-order valence-electron chi connectivity index (χ0n) is 15.0. The molecule has 7 nitrogen and oxygen atoms in total. The number of β-amino-alcohol motifs (C(OH)–C–C–N with tert-alkyl or cyclic N) is 1. The van der Waals surface area contributed by atoms with Crippen LogP contribution in [-0.2, 0) is 12.8 Å². The predicted octanol–water partition coefficient (Wildman–Crippen LogP) is 1.63. The number of carbonyl (C=O) groups excluding carboxylic acids is 1. The van der Waals surface area contributed by atoms with E-state index in [9.17, 15) is 9.90 Å². The molecule has 0 spiro atoms. The molecule has 2 aliphatic rings. The van der Waals surface area contributed by atoms with E-state index in [4.69, 9.17) is 4.42 Å². The van der Waals surface area contributed by atoms with Gasteiger partial charge in [0.25, 0.3) is 5.91 Å². The van der Waals surface area contributed by atoms with Gasteiger partial charge in [-0.05, 0) is 32.6 Å². The number of furan rings is 1. The Labute approximate surface area is 152 Å². The summed E-state index contributed by atoms with van der Waals surface area (Å²) in [4.78, 5) is 23.1. The van der Waals surface area contributed by atoms with Crippen LogP contribution in [0.25, 0.3) is 0 Å². The first-order valence-corrected chi connectivity index (χ1v) is 9.18. The predicted molar refractivity (Wildman–Crippen MR) is 96.2 cm³/mol. The van der Waals surface area contributed by atoms with Crippen LogP contribution in [0.2, 0.25) is 0 Å². The molecule has 138 valence electrons. The highest BCUT2D eigenvalue weighted by atomic mass is 16.3. The molecule has 1 aliphatic carbocycles. The van der Waals surface area contributed by atoms with Gasteiger partial charge >= 0.3 is 0 Å². The summed E-state index contributed by atoms with van der Waals surface area (Å²) in [7, 11) is 0. The van der Waals surface area contributed by atoms with E-state index in [2.05, 4.69) is 15.3 Å². The van der Waals surface area contributed by atoms with E-state index >= 15 is 0 Å². The molecule has 0 saturated carbocycles. The van der Waals surface area contributed by atoms with Gasteiger partial charge in [0.1, 0.15) is 22.9 Å². The third-order valence-electron chi connectivity index (χ3n) is 5.36. The van der Waals surface area contributed by atoms with E-state index in [0.717, 1.165) is 42.8 Å². The van der Waals surface area contributed by atoms with Crippen molar-refractivity contribution < 1.29 is 14.3 Å². The van der Waals surface area contributed by atoms with Gasteiger partial charge in [0.15, 0.2) is 0 Å². The highest BCUT2D eigenvalue weighted by Gasteiger charge is 2.37. The number of carbonyl (C=O) groups is 1. The summed E-state index contributed by atoms with van der Waals surface area (Å²) in [5.41, 5.74) is 0.739. The maximum absolute atomic E-state index is 12.7. The average molecular weight is 356 g/mol. The molecular weight excluding hydrogens is 332 g/mol. The Morgan fingerprint density at radius 2 is 2.23 bits per heavy atom. The maximum Gasteiger partial charge on any atom is 0.255 e. The summed E-state index contributed by atoms with van der Waals surface area (Å²) >= 11 is 0. The van der Waals surface area contributed by atoms with E-state index in [-0.39, 0.29) is 12.5 Å². The van der Waals surface area contributed by atoms with Crippen molar-refractivity contribution in [2.45, 2.75) is 44.6 Å². The Hall–Kier alpha value is -2.41. The molecule has 7 heteroatoms. The van der Waals surface area contributed by atoms with Crippen LogP contribution in [0.4, 0.5) is 5.82 Å². The largest absolute Gasteiger partial charge is 0.465 e. The summed E-state index contributed by atoms with van der Waals surface area (Å²) < 4.78 is 5.78. The van der Waals surface area contributed by atoms with Gasteiger partial charge in [-0.3, -0.25) is 9.78 Å². The first-order chi connectivity index (χ1) is 12.6. The molecule has 26 heavy (non-hydrogen) atoms. The number of anilines is 1. The van der Waals surface area contributed by atoms with Crippen molar-refractivity contribution in [3.8, 4) is 0 Å². The third-order valence-corrected chi connectivity index (χ3v) is 5.36. The SMILES string of the molecule is Cc1oc2c(c1C(=O)NCC1(O)CCN(c3cnccn3)C1)CCCC2. The number of aryl methyl sites for hydroxylation is 2. The summed E-state index contributed by atoms with van der Waals surface area (Å²) in [5, 5.41) is 13.8. The van der Waals surface area contributed by atoms with Crippen molar-refractivity contribution >= 4 is 11.7 Å². The second-order valence-electron chi connectivity index (χ2n) is 7.28. The van der Waals surface area contributed by atoms with Crippen molar-refractivity contribution in [3.05, 3.63) is 41.2 Å². The molecule has 1 fully saturated rings. The number of nitrogens with zero attached hydrogens (tertiary/aromatic N) is 3. The lowest BCUT2D eigenvalue weighted by molar-refractivity contribution is 0.0575. The molecule has 1 unspecified atom stereocenters. The smallest absolute Gasteiger partial charge is 0.255 e. The van der Waals surface area contributed by atoms with Gasteiger partial charge in [-0.15, -0.1) is 0 Å². The number of aromatic nitrogens is 2. The maximum atomic E-state index is 12.7. The molecule has 0 bridgehead atoms. The lowest BCUT2D eigenvalue weighted by Gasteiger charge is -2.24. The van der Waals surface area contributed by atoms with E-state index in [0.29, 0.717) is 30.8 Å². The Balaban J connectivity index is 1.41. The van der Waals surface area contributed by atoms with Gasteiger partial charge in [-0.2, -0.15) is 0 Å². The van der Waals surface area contributed by atoms with Gasteiger partial charge < -0.3 is 19.7 Å². The topological polar surface area (TPSA) is 91.5 Å². The van der Waals surface area contributed by atoms with E-state index < -0.39 is 5.60 Å². The standard InChI is InChI=1S/C19H24N4O3/c1-13-17(14-4-2-3-5-15(14)26-13)18(24)22-11-19(25)6-9-23(12-19)16-10-20-7-8-21-16/h7-8,10,25H,2-6,9,11-12H2,1H3,(H,22,24). The summed E-state index contributed by atoms with van der Waals surface area (Å²) in [6.45, 7) is 3.16. The minimum Gasteiger partial charge on any atom is -0.465 e. The van der Waals surface area contributed by atoms with Gasteiger partial charge in [-0.25, -0.2) is 4.98 Å². The Morgan fingerprint density at radius 3 is 3.04 bits per heavy atom. The molecule has 2 aromatic heterocycles. The highest BCUT2D eigenvalue weighted by molar-refractivity contribution is 5.97. The summed E-state index contributed by atoms with van der Waals surface area (Å²) in [6.07, 6.45) is 9.51. The third kappa shape index (κ3) is 3.19. The average Bonchev–Trinajstić information content (AvgIpc) is 3.21. The molecule has 1 atom stereocenters. The number of nitrogens with one attached hydrogen (secondary N) is 1. The van der Waals surface area contributed by atoms with Crippen molar-refractivity contribution in [1.29, 1.82) is 0 Å². The highest BCUT2D eigenvalue weighted by Crippen LogP contribution is 2.30. The number of aliphatic hydroxyl groups is 1. The van der Waals surface area contributed by atoms with Gasteiger partial charge in [-0.1, -0.05) is 0 Å². The van der Waals surface area contributed by atoms with Gasteiger partial charge in [0.2, 0.25) is 0 Å². The van der Waals surface area contributed by atoms with Crippen molar-refractivity contribution in [2.24, 2.45) is 0 Å². The van der Waals surface area contributed by atoms with Crippen LogP contribution < -0.4 is 10.2 Å². The lowest BCUT2D eigenvalue weighted by Crippen LogP contribution is -2.45. The van der Waals surface area contributed by atoms with E-state index in [1.54, 1.807) is 18.6 Å². The zero-order valence-corrected chi connectivity index (χ0v) is 15.0. The van der Waals surface area contributed by atoms with Crippen molar-refractivity contribution in [3.63, 3.8) is 0 Å². The molecule has 3 heterocycles. The van der Waals surface area contributed by atoms with E-state index in [1.807, 2.05) is 11.8 Å². The molecule has 0 aromatic carbocycles. The molecule has 1 aliphatic heterocycles. The van der Waals surface area contributed by atoms with Crippen LogP contribution in [0, 0.1) is 6.92 Å². The van der Waals surface area contributed by atoms with Crippen LogP contribution in [0.5, 0.6) is 0 Å². The van der Waals surface area contributed by atoms with Crippen LogP contribution in [0.3, 0.4) is 0 Å². The fraction of sp³-hybridized carbons (Fsp3) is 0.526. The number of hydrogen-bond donors (Lipinski definition) is 2. The Bertz CT molecular complexity index is 805. The normalized spacial score (nSPS) is 22.3. The zero-order chi connectivity index (χ0) is 18.1. The van der Waals surface area contributed by atoms with Gasteiger partial charge in [0, 0.05) is 44.0 Å². The molecule has 0 radical (unpaired) electrons. The Kier molecular flexibility index (Phi) is 4.40.